The van der Waals surface area contributed by atoms with Crippen molar-refractivity contribution in [3.63, 3.8) is 0 Å². The van der Waals surface area contributed by atoms with Crippen LogP contribution in [0.2, 0.25) is 0 Å². The first kappa shape index (κ1) is 21.4. The van der Waals surface area contributed by atoms with E-state index < -0.39 is 34.9 Å². The fourth-order valence-corrected chi connectivity index (χ4v) is 3.37. The second-order valence-corrected chi connectivity index (χ2v) is 8.40. The number of carbonyl (C=O) groups is 2. The fourth-order valence-electron chi connectivity index (χ4n) is 2.05. The summed E-state index contributed by atoms with van der Waals surface area (Å²) < 4.78 is 38.9. The number of nitrogens with zero attached hydrogens (tertiary/aromatic N) is 1. The molecule has 27 heavy (non-hydrogen) atoms. The van der Waals surface area contributed by atoms with Crippen molar-refractivity contribution >= 4 is 49.4 Å². The molecule has 2 amide bonds. The van der Waals surface area contributed by atoms with Crippen molar-refractivity contribution in [3.8, 4) is 0 Å². The molecule has 2 aromatic rings. The average Bonchev–Trinajstić information content (AvgIpc) is 2.97. The van der Waals surface area contributed by atoms with Gasteiger partial charge in [-0.05, 0) is 48.8 Å². The van der Waals surface area contributed by atoms with E-state index in [0.29, 0.717) is 15.0 Å². The predicted molar refractivity (Wildman–Crippen MR) is 101 cm³/mol. The highest BCUT2D eigenvalue weighted by molar-refractivity contribution is 9.11. The van der Waals surface area contributed by atoms with Crippen LogP contribution in [0.25, 0.3) is 0 Å². The number of carbonyl (C=O) groups excluding carboxylic acids is 2. The molecule has 0 fully saturated rings. The number of rotatable bonds is 3. The summed E-state index contributed by atoms with van der Waals surface area (Å²) in [5.74, 6) is -1.35. The van der Waals surface area contributed by atoms with Gasteiger partial charge < -0.3 is 10.6 Å². The molecule has 0 radical (unpaired) electrons. The second-order valence-electron chi connectivity index (χ2n) is 6.63. The van der Waals surface area contributed by atoms with Crippen molar-refractivity contribution in [1.29, 1.82) is 0 Å². The summed E-state index contributed by atoms with van der Waals surface area (Å²) in [6, 6.07) is 3.68. The Kier molecular flexibility index (Phi) is 6.05. The molecule has 0 spiro atoms. The van der Waals surface area contributed by atoms with Gasteiger partial charge in [-0.2, -0.15) is 18.3 Å². The van der Waals surface area contributed by atoms with E-state index >= 15 is 0 Å². The zero-order chi connectivity index (χ0) is 20.6. The van der Waals surface area contributed by atoms with Crippen LogP contribution in [0.1, 0.15) is 47.3 Å². The Morgan fingerprint density at radius 3 is 2.22 bits per heavy atom. The first-order valence-electron chi connectivity index (χ1n) is 7.53. The molecule has 0 aliphatic carbocycles. The van der Waals surface area contributed by atoms with Crippen LogP contribution in [0.4, 0.5) is 18.9 Å². The number of aromatic nitrogens is 2. The molecule has 3 N–H and O–H groups in total. The largest absolute Gasteiger partial charge is 0.432 e. The van der Waals surface area contributed by atoms with Crippen LogP contribution < -0.4 is 10.6 Å². The molecule has 1 heterocycles. The molecular formula is C16H15Br2F3N4O2. The molecule has 146 valence electrons. The lowest BCUT2D eigenvalue weighted by Gasteiger charge is -2.22. The van der Waals surface area contributed by atoms with Crippen LogP contribution >= 0.6 is 31.9 Å². The monoisotopic (exact) mass is 510 g/mol. The topological polar surface area (TPSA) is 86.9 Å². The maximum atomic E-state index is 12.7. The van der Waals surface area contributed by atoms with Gasteiger partial charge in [0.15, 0.2) is 5.69 Å². The molecule has 2 rings (SSSR count). The van der Waals surface area contributed by atoms with Crippen molar-refractivity contribution in [3.05, 3.63) is 44.1 Å². The molecule has 1 aromatic heterocycles. The smallest absolute Gasteiger partial charge is 0.347 e. The van der Waals surface area contributed by atoms with E-state index in [1.54, 1.807) is 31.9 Å². The maximum Gasteiger partial charge on any atom is 0.432 e. The van der Waals surface area contributed by atoms with Gasteiger partial charge in [0.1, 0.15) is 5.69 Å². The Morgan fingerprint density at radius 1 is 1.07 bits per heavy atom. The fraction of sp³-hybridized carbons (Fsp3) is 0.312. The highest BCUT2D eigenvalue weighted by atomic mass is 79.9. The molecule has 6 nitrogen and oxygen atoms in total. The SMILES string of the molecule is CC(C)(C)NC(=O)c1cc(Br)cc(Br)c1NC(=O)c1cc(C(F)(F)F)[nH]n1. The van der Waals surface area contributed by atoms with Gasteiger partial charge in [0.25, 0.3) is 11.8 Å². The first-order valence-corrected chi connectivity index (χ1v) is 9.12. The predicted octanol–water partition coefficient (Wildman–Crippen LogP) is 4.73. The Morgan fingerprint density at radius 2 is 1.70 bits per heavy atom. The summed E-state index contributed by atoms with van der Waals surface area (Å²) in [6.45, 7) is 5.37. The number of hydrogen-bond acceptors (Lipinski definition) is 3. The number of anilines is 1. The Hall–Kier alpha value is -1.88. The van der Waals surface area contributed by atoms with Gasteiger partial charge in [-0.3, -0.25) is 14.7 Å². The number of H-pyrrole nitrogens is 1. The quantitative estimate of drug-likeness (QED) is 0.556. The summed E-state index contributed by atoms with van der Waals surface area (Å²) in [6.07, 6.45) is -4.65. The van der Waals surface area contributed by atoms with E-state index in [1.165, 1.54) is 6.07 Å². The lowest BCUT2D eigenvalue weighted by molar-refractivity contribution is -0.141. The van der Waals surface area contributed by atoms with Crippen molar-refractivity contribution in [1.82, 2.24) is 15.5 Å². The van der Waals surface area contributed by atoms with Crippen LogP contribution in [-0.4, -0.2) is 27.6 Å². The number of hydrogen-bond donors (Lipinski definition) is 3. The van der Waals surface area contributed by atoms with Crippen molar-refractivity contribution in [2.75, 3.05) is 5.32 Å². The average molecular weight is 512 g/mol. The lowest BCUT2D eigenvalue weighted by Crippen LogP contribution is -2.41. The Labute approximate surface area is 169 Å². The lowest BCUT2D eigenvalue weighted by atomic mass is 10.1. The molecule has 0 aliphatic rings. The first-order chi connectivity index (χ1) is 12.3. The van der Waals surface area contributed by atoms with Gasteiger partial charge in [-0.15, -0.1) is 0 Å². The van der Waals surface area contributed by atoms with Crippen LogP contribution in [0.15, 0.2) is 27.1 Å². The molecule has 1 aromatic carbocycles. The minimum atomic E-state index is -4.65. The normalized spacial score (nSPS) is 12.0. The molecule has 0 unspecified atom stereocenters. The van der Waals surface area contributed by atoms with Crippen molar-refractivity contribution in [2.24, 2.45) is 0 Å². The van der Waals surface area contributed by atoms with Crippen LogP contribution in [0, 0.1) is 0 Å². The summed E-state index contributed by atoms with van der Waals surface area (Å²) in [5, 5.41) is 10.3. The van der Waals surface area contributed by atoms with E-state index in [4.69, 9.17) is 0 Å². The third-order valence-electron chi connectivity index (χ3n) is 3.14. The third kappa shape index (κ3) is 5.55. The molecule has 11 heteroatoms. The maximum absolute atomic E-state index is 12.7. The van der Waals surface area contributed by atoms with Crippen LogP contribution in [-0.2, 0) is 6.18 Å². The van der Waals surface area contributed by atoms with Gasteiger partial charge in [0.05, 0.1) is 11.3 Å². The molecule has 0 saturated heterocycles. The van der Waals surface area contributed by atoms with Crippen molar-refractivity contribution < 1.29 is 22.8 Å². The summed E-state index contributed by atoms with van der Waals surface area (Å²) in [4.78, 5) is 24.9. The second kappa shape index (κ2) is 7.63. The molecule has 0 saturated carbocycles. The van der Waals surface area contributed by atoms with E-state index in [2.05, 4.69) is 47.6 Å². The number of halogens is 5. The molecule has 0 bridgehead atoms. The zero-order valence-electron chi connectivity index (χ0n) is 14.4. The Balaban J connectivity index is 2.36. The minimum absolute atomic E-state index is 0.113. The molecular weight excluding hydrogens is 497 g/mol. The van der Waals surface area contributed by atoms with E-state index in [1.807, 2.05) is 0 Å². The number of nitrogens with one attached hydrogen (secondary N) is 3. The van der Waals surface area contributed by atoms with E-state index in [0.717, 1.165) is 0 Å². The highest BCUT2D eigenvalue weighted by Crippen LogP contribution is 2.32. The third-order valence-corrected chi connectivity index (χ3v) is 4.23. The summed E-state index contributed by atoms with van der Waals surface area (Å²) in [7, 11) is 0. The number of aromatic amines is 1. The van der Waals surface area contributed by atoms with E-state index in [9.17, 15) is 22.8 Å². The van der Waals surface area contributed by atoms with E-state index in [-0.39, 0.29) is 11.3 Å². The van der Waals surface area contributed by atoms with Gasteiger partial charge in [-0.1, -0.05) is 15.9 Å². The van der Waals surface area contributed by atoms with Gasteiger partial charge >= 0.3 is 6.18 Å². The molecule has 0 atom stereocenters. The number of alkyl halides is 3. The van der Waals surface area contributed by atoms with Crippen LogP contribution in [0.5, 0.6) is 0 Å². The number of benzene rings is 1. The van der Waals surface area contributed by atoms with Gasteiger partial charge in [0, 0.05) is 20.6 Å². The Bertz CT molecular complexity index is 889. The molecule has 0 aliphatic heterocycles. The van der Waals surface area contributed by atoms with Crippen molar-refractivity contribution in [2.45, 2.75) is 32.5 Å². The summed E-state index contributed by atoms with van der Waals surface area (Å²) in [5.41, 5.74) is -1.89. The van der Waals surface area contributed by atoms with Crippen LogP contribution in [0.3, 0.4) is 0 Å². The number of amides is 2. The standard InChI is InChI=1S/C16H15Br2F3N4O2/c1-15(2,3)23-13(26)8-4-7(17)5-9(18)12(8)22-14(27)10-6-11(25-24-10)16(19,20)21/h4-6H,1-3H3,(H,22,27)(H,23,26)(H,24,25). The highest BCUT2D eigenvalue weighted by Gasteiger charge is 2.34. The van der Waals surface area contributed by atoms with Gasteiger partial charge in [-0.25, -0.2) is 0 Å². The summed E-state index contributed by atoms with van der Waals surface area (Å²) >= 11 is 6.52. The minimum Gasteiger partial charge on any atom is -0.347 e. The van der Waals surface area contributed by atoms with Gasteiger partial charge in [0.2, 0.25) is 0 Å². The zero-order valence-corrected chi connectivity index (χ0v) is 17.6.